The van der Waals surface area contributed by atoms with Crippen LogP contribution >= 0.6 is 0 Å². The molecule has 33 heavy (non-hydrogen) atoms. The van der Waals surface area contributed by atoms with Gasteiger partial charge in [-0.15, -0.1) is 0 Å². The van der Waals surface area contributed by atoms with E-state index in [1.807, 2.05) is 12.1 Å². The van der Waals surface area contributed by atoms with E-state index in [0.717, 1.165) is 63.0 Å². The highest BCUT2D eigenvalue weighted by Gasteiger charge is 2.36. The Kier molecular flexibility index (Phi) is 3.81. The zero-order chi connectivity index (χ0) is 22.3. The number of carbonyl (C=O) groups excluding carboxylic acids is 2. The molecule has 2 aliphatic rings. The molecule has 0 aliphatic carbocycles. The number of nitrogens with one attached hydrogen (secondary N) is 3. The van der Waals surface area contributed by atoms with E-state index in [9.17, 15) is 9.59 Å². The van der Waals surface area contributed by atoms with Crippen LogP contribution in [-0.4, -0.2) is 39.6 Å². The first kappa shape index (κ1) is 18.8. The van der Waals surface area contributed by atoms with E-state index in [4.69, 9.17) is 5.11 Å². The first-order valence-corrected chi connectivity index (χ1v) is 11.4. The highest BCUT2D eigenvalue weighted by atomic mass is 16.3. The number of H-pyrrole nitrogens is 1. The molecule has 5 aromatic rings. The molecule has 2 amide bonds. The summed E-state index contributed by atoms with van der Waals surface area (Å²) in [4.78, 5) is 29.7. The van der Waals surface area contributed by atoms with Gasteiger partial charge in [0, 0.05) is 46.7 Å². The Morgan fingerprint density at radius 1 is 1.00 bits per heavy atom. The number of fused-ring (bicyclic) bond motifs is 10. The molecule has 0 spiro atoms. The number of benzene rings is 3. The number of aliphatic hydroxyl groups excluding tert-OH is 1. The van der Waals surface area contributed by atoms with Gasteiger partial charge in [0.1, 0.15) is 0 Å². The van der Waals surface area contributed by atoms with Gasteiger partial charge >= 0.3 is 0 Å². The van der Waals surface area contributed by atoms with Crippen molar-refractivity contribution < 1.29 is 14.7 Å². The third kappa shape index (κ3) is 2.40. The number of aliphatic hydroxyl groups is 1. The fraction of sp³-hybridized carbons (Fsp3) is 0.231. The summed E-state index contributed by atoms with van der Waals surface area (Å²) in [6.07, 6.45) is 2.06. The minimum atomic E-state index is -0.330. The number of aromatic nitrogens is 2. The molecule has 0 atom stereocenters. The molecule has 7 nitrogen and oxygen atoms in total. The van der Waals surface area contributed by atoms with Gasteiger partial charge in [-0.25, -0.2) is 0 Å². The summed E-state index contributed by atoms with van der Waals surface area (Å²) in [6, 6.07) is 12.4. The Bertz CT molecular complexity index is 1670. The fourth-order valence-electron chi connectivity index (χ4n) is 5.89. The summed E-state index contributed by atoms with van der Waals surface area (Å²) in [6.45, 7) is 2.14. The van der Waals surface area contributed by atoms with Crippen LogP contribution in [-0.2, 0) is 19.5 Å². The molecular formula is C26H22N4O3. The van der Waals surface area contributed by atoms with Crippen molar-refractivity contribution in [2.24, 2.45) is 0 Å². The molecule has 7 heteroatoms. The molecule has 2 aliphatic heterocycles. The summed E-state index contributed by atoms with van der Waals surface area (Å²) >= 11 is 0. The van der Waals surface area contributed by atoms with Crippen LogP contribution in [0.25, 0.3) is 43.6 Å². The SMILES string of the molecule is O=C1NC(=O)c2c1c1c3ccc(CNCCO)cc3[nH]c1c1c2c2cccc3c2n1CCC3. The van der Waals surface area contributed by atoms with E-state index in [2.05, 4.69) is 44.5 Å². The first-order valence-electron chi connectivity index (χ1n) is 11.4. The van der Waals surface area contributed by atoms with Gasteiger partial charge in [0.05, 0.1) is 34.3 Å². The molecular weight excluding hydrogens is 416 g/mol. The number of nitrogens with zero attached hydrogens (tertiary/aromatic N) is 1. The van der Waals surface area contributed by atoms with E-state index in [0.29, 0.717) is 24.2 Å². The average Bonchev–Trinajstić information content (AvgIpc) is 3.45. The number of aromatic amines is 1. The van der Waals surface area contributed by atoms with E-state index in [-0.39, 0.29) is 18.4 Å². The van der Waals surface area contributed by atoms with E-state index in [1.54, 1.807) is 0 Å². The monoisotopic (exact) mass is 438 g/mol. The Balaban J connectivity index is 1.65. The van der Waals surface area contributed by atoms with Crippen LogP contribution in [0.2, 0.25) is 0 Å². The van der Waals surface area contributed by atoms with Gasteiger partial charge in [0.15, 0.2) is 0 Å². The van der Waals surface area contributed by atoms with Crippen LogP contribution < -0.4 is 10.6 Å². The van der Waals surface area contributed by atoms with E-state index >= 15 is 0 Å². The normalized spacial score (nSPS) is 15.3. The van der Waals surface area contributed by atoms with Gasteiger partial charge in [-0.3, -0.25) is 14.9 Å². The molecule has 0 saturated carbocycles. The third-order valence-electron chi connectivity index (χ3n) is 7.14. The molecule has 3 aromatic carbocycles. The molecule has 0 unspecified atom stereocenters. The summed E-state index contributed by atoms with van der Waals surface area (Å²) in [7, 11) is 0. The second kappa shape index (κ2) is 6.66. The average molecular weight is 438 g/mol. The second-order valence-electron chi connectivity index (χ2n) is 8.98. The van der Waals surface area contributed by atoms with Gasteiger partial charge in [-0.05, 0) is 30.0 Å². The Morgan fingerprint density at radius 3 is 2.70 bits per heavy atom. The lowest BCUT2D eigenvalue weighted by Gasteiger charge is -2.16. The Labute approximate surface area is 188 Å². The summed E-state index contributed by atoms with van der Waals surface area (Å²) < 4.78 is 2.33. The number of hydrogen-bond acceptors (Lipinski definition) is 4. The van der Waals surface area contributed by atoms with Gasteiger partial charge in [-0.2, -0.15) is 0 Å². The first-order chi connectivity index (χ1) is 16.2. The number of imide groups is 1. The quantitative estimate of drug-likeness (QED) is 0.255. The summed E-state index contributed by atoms with van der Waals surface area (Å²) in [5, 5.41) is 18.5. The molecule has 0 radical (unpaired) electrons. The molecule has 0 bridgehead atoms. The van der Waals surface area contributed by atoms with Crippen molar-refractivity contribution in [3.8, 4) is 0 Å². The maximum absolute atomic E-state index is 13.1. The number of amides is 2. The zero-order valence-corrected chi connectivity index (χ0v) is 17.9. The van der Waals surface area contributed by atoms with Crippen molar-refractivity contribution in [2.45, 2.75) is 25.9 Å². The number of para-hydroxylation sites is 1. The molecule has 0 fully saturated rings. The highest BCUT2D eigenvalue weighted by Crippen LogP contribution is 2.45. The van der Waals surface area contributed by atoms with Crippen molar-refractivity contribution in [1.82, 2.24) is 20.2 Å². The zero-order valence-electron chi connectivity index (χ0n) is 17.9. The van der Waals surface area contributed by atoms with Crippen LogP contribution in [0.15, 0.2) is 36.4 Å². The third-order valence-corrected chi connectivity index (χ3v) is 7.14. The lowest BCUT2D eigenvalue weighted by atomic mass is 9.96. The topological polar surface area (TPSA) is 99.2 Å². The number of rotatable bonds is 4. The van der Waals surface area contributed by atoms with Gasteiger partial charge in [0.25, 0.3) is 11.8 Å². The maximum Gasteiger partial charge on any atom is 0.259 e. The number of aryl methyl sites for hydroxylation is 2. The molecule has 0 saturated heterocycles. The number of carbonyl (C=O) groups is 2. The molecule has 4 heterocycles. The maximum atomic E-state index is 13.1. The minimum Gasteiger partial charge on any atom is -0.395 e. The summed E-state index contributed by atoms with van der Waals surface area (Å²) in [5.74, 6) is -0.645. The Morgan fingerprint density at radius 2 is 1.85 bits per heavy atom. The van der Waals surface area contributed by atoms with Crippen LogP contribution in [0.5, 0.6) is 0 Å². The lowest BCUT2D eigenvalue weighted by molar-refractivity contribution is 0.0880. The lowest BCUT2D eigenvalue weighted by Crippen LogP contribution is -2.20. The smallest absolute Gasteiger partial charge is 0.259 e. The predicted molar refractivity (Wildman–Crippen MR) is 128 cm³/mol. The van der Waals surface area contributed by atoms with Gasteiger partial charge in [-0.1, -0.05) is 30.3 Å². The minimum absolute atomic E-state index is 0.0917. The van der Waals surface area contributed by atoms with E-state index < -0.39 is 0 Å². The van der Waals surface area contributed by atoms with Crippen LogP contribution in [0.1, 0.15) is 38.3 Å². The molecule has 2 aromatic heterocycles. The van der Waals surface area contributed by atoms with Gasteiger partial charge in [0.2, 0.25) is 0 Å². The second-order valence-corrected chi connectivity index (χ2v) is 8.98. The highest BCUT2D eigenvalue weighted by molar-refractivity contribution is 6.39. The largest absolute Gasteiger partial charge is 0.395 e. The van der Waals surface area contributed by atoms with Crippen molar-refractivity contribution in [2.75, 3.05) is 13.2 Å². The van der Waals surface area contributed by atoms with Crippen molar-refractivity contribution in [1.29, 1.82) is 0 Å². The molecule has 7 rings (SSSR count). The summed E-state index contributed by atoms with van der Waals surface area (Å²) in [5.41, 5.74) is 7.37. The van der Waals surface area contributed by atoms with Crippen LogP contribution in [0, 0.1) is 0 Å². The van der Waals surface area contributed by atoms with E-state index in [1.165, 1.54) is 11.1 Å². The van der Waals surface area contributed by atoms with Crippen LogP contribution in [0.3, 0.4) is 0 Å². The van der Waals surface area contributed by atoms with Crippen LogP contribution in [0.4, 0.5) is 0 Å². The Hall–Kier alpha value is -3.68. The molecule has 4 N–H and O–H groups in total. The van der Waals surface area contributed by atoms with Crippen molar-refractivity contribution >= 4 is 55.4 Å². The molecule has 164 valence electrons. The predicted octanol–water partition coefficient (Wildman–Crippen LogP) is 3.34. The number of hydrogen-bond donors (Lipinski definition) is 4. The fourth-order valence-corrected chi connectivity index (χ4v) is 5.89. The standard InChI is InChI=1S/C26H22N4O3/c31-10-8-27-12-13-6-7-15-17(11-13)28-22-18(15)20-21(26(33)29-25(20)32)19-16-5-1-3-14-4-2-9-30(23(14)16)24(19)22/h1,3,5-7,11,27-28,31H,2,4,8-10,12H2,(H,29,32,33). The van der Waals surface area contributed by atoms with Gasteiger partial charge < -0.3 is 20.0 Å². The van der Waals surface area contributed by atoms with Crippen molar-refractivity contribution in [3.63, 3.8) is 0 Å². The van der Waals surface area contributed by atoms with Crippen molar-refractivity contribution in [3.05, 3.63) is 58.7 Å².